The van der Waals surface area contributed by atoms with E-state index in [1.807, 2.05) is 30.3 Å². The van der Waals surface area contributed by atoms with Crippen molar-refractivity contribution in [1.29, 1.82) is 0 Å². The van der Waals surface area contributed by atoms with Crippen LogP contribution in [-0.4, -0.2) is 30.3 Å². The number of hydrogen-bond acceptors (Lipinski definition) is 2. The van der Waals surface area contributed by atoms with Gasteiger partial charge in [0, 0.05) is 25.1 Å². The van der Waals surface area contributed by atoms with Crippen molar-refractivity contribution in [3.05, 3.63) is 71.8 Å². The second kappa shape index (κ2) is 9.05. The van der Waals surface area contributed by atoms with E-state index in [0.29, 0.717) is 17.8 Å². The van der Waals surface area contributed by atoms with Crippen molar-refractivity contribution >= 4 is 5.78 Å². The van der Waals surface area contributed by atoms with Gasteiger partial charge in [0.15, 0.2) is 5.78 Å². The predicted molar refractivity (Wildman–Crippen MR) is 116 cm³/mol. The molecule has 1 aliphatic carbocycles. The van der Waals surface area contributed by atoms with Crippen molar-refractivity contribution in [3.8, 4) is 0 Å². The first-order valence-electron chi connectivity index (χ1n) is 11.1. The maximum Gasteiger partial charge on any atom is 0.164 e. The van der Waals surface area contributed by atoms with Crippen LogP contribution in [0, 0.1) is 5.41 Å². The highest BCUT2D eigenvalue weighted by molar-refractivity contribution is 5.96. The maximum absolute atomic E-state index is 12.6. The lowest BCUT2D eigenvalue weighted by atomic mass is 9.68. The second-order valence-electron chi connectivity index (χ2n) is 8.98. The summed E-state index contributed by atoms with van der Waals surface area (Å²) in [5.41, 5.74) is 2.81. The average Bonchev–Trinajstić information content (AvgIpc) is 2.93. The molecule has 4 rings (SSSR count). The van der Waals surface area contributed by atoms with Crippen molar-refractivity contribution in [2.45, 2.75) is 57.3 Å². The molecule has 0 radical (unpaired) electrons. The number of likely N-dealkylation sites (tertiary alicyclic amines) is 1. The molecule has 2 nitrogen and oxygen atoms in total. The average molecular weight is 376 g/mol. The van der Waals surface area contributed by atoms with E-state index in [4.69, 9.17) is 0 Å². The molecule has 1 saturated carbocycles. The number of Topliss-reactive ketones (excluding diaryl/α,β-unsaturated/α-hetero) is 1. The zero-order valence-electron chi connectivity index (χ0n) is 17.0. The molecule has 0 bridgehead atoms. The number of rotatable bonds is 5. The van der Waals surface area contributed by atoms with Gasteiger partial charge in [0.25, 0.3) is 0 Å². The third-order valence-electron chi connectivity index (χ3n) is 6.97. The summed E-state index contributed by atoms with van der Waals surface area (Å²) in [5, 5.41) is 0. The van der Waals surface area contributed by atoms with Gasteiger partial charge in [-0.15, -0.1) is 0 Å². The number of carbonyl (C=O) groups is 1. The minimum absolute atomic E-state index is 0.280. The predicted octanol–water partition coefficient (Wildman–Crippen LogP) is 6.09. The van der Waals surface area contributed by atoms with Crippen molar-refractivity contribution in [3.63, 3.8) is 0 Å². The molecule has 2 aromatic rings. The van der Waals surface area contributed by atoms with Gasteiger partial charge in [-0.2, -0.15) is 0 Å². The molecule has 2 fully saturated rings. The largest absolute Gasteiger partial charge is 0.302 e. The third kappa shape index (κ3) is 4.72. The SMILES string of the molecule is O=C(CCN1CCC(c2ccccc2)CC2(CCCCC2)C1)c1ccccc1. The Morgan fingerprint density at radius 2 is 1.61 bits per heavy atom. The monoisotopic (exact) mass is 375 g/mol. The van der Waals surface area contributed by atoms with Gasteiger partial charge in [0.05, 0.1) is 0 Å². The Hall–Kier alpha value is -1.93. The van der Waals surface area contributed by atoms with Crippen molar-refractivity contribution in [2.75, 3.05) is 19.6 Å². The Labute approximate surface area is 170 Å². The van der Waals surface area contributed by atoms with Crippen LogP contribution in [0.5, 0.6) is 0 Å². The molecule has 28 heavy (non-hydrogen) atoms. The lowest BCUT2D eigenvalue weighted by Gasteiger charge is -2.40. The standard InChI is InChI=1S/C26H33NO/c28-25(23-12-6-2-7-13-23)15-19-27-18-14-24(22-10-4-1-5-11-22)20-26(21-27)16-8-3-9-17-26/h1-2,4-7,10-13,24H,3,8-9,14-21H2. The van der Waals surface area contributed by atoms with Gasteiger partial charge in [-0.05, 0) is 49.1 Å². The molecule has 1 unspecified atom stereocenters. The summed E-state index contributed by atoms with van der Waals surface area (Å²) in [5.74, 6) is 0.941. The quantitative estimate of drug-likeness (QED) is 0.589. The van der Waals surface area contributed by atoms with E-state index in [-0.39, 0.29) is 5.78 Å². The molecule has 1 spiro atoms. The van der Waals surface area contributed by atoms with Crippen LogP contribution >= 0.6 is 0 Å². The number of hydrogen-bond donors (Lipinski definition) is 0. The van der Waals surface area contributed by atoms with E-state index < -0.39 is 0 Å². The molecule has 0 N–H and O–H groups in total. The normalized spacial score (nSPS) is 22.6. The first kappa shape index (κ1) is 19.4. The molecule has 148 valence electrons. The Kier molecular flexibility index (Phi) is 6.26. The van der Waals surface area contributed by atoms with Crippen molar-refractivity contribution in [1.82, 2.24) is 4.90 Å². The van der Waals surface area contributed by atoms with Gasteiger partial charge >= 0.3 is 0 Å². The molecule has 1 heterocycles. The van der Waals surface area contributed by atoms with E-state index >= 15 is 0 Å². The molecule has 2 aliphatic rings. The summed E-state index contributed by atoms with van der Waals surface area (Å²) in [6.07, 6.45) is 10.0. The molecule has 1 aliphatic heterocycles. The van der Waals surface area contributed by atoms with Gasteiger partial charge in [-0.3, -0.25) is 4.79 Å². The van der Waals surface area contributed by atoms with Crippen LogP contribution in [0.2, 0.25) is 0 Å². The minimum atomic E-state index is 0.280. The Balaban J connectivity index is 1.45. The van der Waals surface area contributed by atoms with Crippen LogP contribution in [-0.2, 0) is 0 Å². The van der Waals surface area contributed by atoms with Crippen LogP contribution in [0.15, 0.2) is 60.7 Å². The van der Waals surface area contributed by atoms with E-state index in [0.717, 1.165) is 18.7 Å². The van der Waals surface area contributed by atoms with Crippen LogP contribution in [0.4, 0.5) is 0 Å². The smallest absolute Gasteiger partial charge is 0.164 e. The topological polar surface area (TPSA) is 20.3 Å². The Bertz CT molecular complexity index is 749. The molecular formula is C26H33NO. The van der Waals surface area contributed by atoms with Gasteiger partial charge in [0.1, 0.15) is 0 Å². The van der Waals surface area contributed by atoms with E-state index in [2.05, 4.69) is 35.2 Å². The van der Waals surface area contributed by atoms with E-state index in [1.165, 1.54) is 57.1 Å². The number of ketones is 1. The summed E-state index contributed by atoms with van der Waals surface area (Å²) < 4.78 is 0. The summed E-state index contributed by atoms with van der Waals surface area (Å²) in [4.78, 5) is 15.2. The summed E-state index contributed by atoms with van der Waals surface area (Å²) in [6, 6.07) is 20.9. The zero-order valence-corrected chi connectivity index (χ0v) is 17.0. The summed E-state index contributed by atoms with van der Waals surface area (Å²) >= 11 is 0. The van der Waals surface area contributed by atoms with Gasteiger partial charge in [-0.1, -0.05) is 79.9 Å². The molecular weight excluding hydrogens is 342 g/mol. The van der Waals surface area contributed by atoms with Gasteiger partial charge < -0.3 is 4.90 Å². The van der Waals surface area contributed by atoms with E-state index in [1.54, 1.807) is 0 Å². The molecule has 0 aromatic heterocycles. The third-order valence-corrected chi connectivity index (χ3v) is 6.97. The minimum Gasteiger partial charge on any atom is -0.302 e. The Morgan fingerprint density at radius 3 is 2.32 bits per heavy atom. The van der Waals surface area contributed by atoms with Gasteiger partial charge in [-0.25, -0.2) is 0 Å². The van der Waals surface area contributed by atoms with Crippen LogP contribution in [0.3, 0.4) is 0 Å². The highest BCUT2D eigenvalue weighted by atomic mass is 16.1. The van der Waals surface area contributed by atoms with Crippen molar-refractivity contribution < 1.29 is 4.79 Å². The summed E-state index contributed by atoms with van der Waals surface area (Å²) in [7, 11) is 0. The van der Waals surface area contributed by atoms with Crippen LogP contribution in [0.1, 0.15) is 73.2 Å². The number of benzene rings is 2. The van der Waals surface area contributed by atoms with Crippen LogP contribution < -0.4 is 0 Å². The fraction of sp³-hybridized carbons (Fsp3) is 0.500. The molecule has 2 aromatic carbocycles. The lowest BCUT2D eigenvalue weighted by molar-refractivity contribution is 0.0905. The maximum atomic E-state index is 12.6. The molecule has 0 amide bonds. The lowest BCUT2D eigenvalue weighted by Crippen LogP contribution is -2.38. The number of carbonyl (C=O) groups excluding carboxylic acids is 1. The highest BCUT2D eigenvalue weighted by Crippen LogP contribution is 2.47. The fourth-order valence-electron chi connectivity index (χ4n) is 5.47. The highest BCUT2D eigenvalue weighted by Gasteiger charge is 2.38. The number of nitrogens with zero attached hydrogens (tertiary/aromatic N) is 1. The zero-order chi connectivity index (χ0) is 19.2. The first-order valence-corrected chi connectivity index (χ1v) is 11.1. The van der Waals surface area contributed by atoms with Gasteiger partial charge in [0.2, 0.25) is 0 Å². The molecule has 2 heteroatoms. The summed E-state index contributed by atoms with van der Waals surface area (Å²) in [6.45, 7) is 3.19. The Morgan fingerprint density at radius 1 is 0.929 bits per heavy atom. The fourth-order valence-corrected chi connectivity index (χ4v) is 5.47. The second-order valence-corrected chi connectivity index (χ2v) is 8.98. The van der Waals surface area contributed by atoms with Crippen LogP contribution in [0.25, 0.3) is 0 Å². The van der Waals surface area contributed by atoms with E-state index in [9.17, 15) is 4.79 Å². The first-order chi connectivity index (χ1) is 13.7. The molecule has 1 atom stereocenters. The van der Waals surface area contributed by atoms with Crippen molar-refractivity contribution in [2.24, 2.45) is 5.41 Å². The molecule has 1 saturated heterocycles.